The zero-order chi connectivity index (χ0) is 13.0. The minimum absolute atomic E-state index is 0.963. The lowest BCUT2D eigenvalue weighted by Gasteiger charge is -2.16. The Labute approximate surface area is 121 Å². The summed E-state index contributed by atoms with van der Waals surface area (Å²) in [6, 6.07) is 10.7. The fraction of sp³-hybridized carbons (Fsp3) is 0.286. The van der Waals surface area contributed by atoms with Crippen molar-refractivity contribution in [2.45, 2.75) is 13.1 Å². The Hall–Kier alpha value is -0.840. The average molecular weight is 325 g/mol. The molecule has 0 aliphatic carbocycles. The van der Waals surface area contributed by atoms with E-state index >= 15 is 0 Å². The van der Waals surface area contributed by atoms with Crippen molar-refractivity contribution >= 4 is 33.0 Å². The number of nitrogens with zero attached hydrogens (tertiary/aromatic N) is 1. The second kappa shape index (κ2) is 6.36. The van der Waals surface area contributed by atoms with Gasteiger partial charge in [0, 0.05) is 40.6 Å². The molecule has 0 saturated heterocycles. The lowest BCUT2D eigenvalue weighted by molar-refractivity contribution is 0.322. The van der Waals surface area contributed by atoms with Crippen LogP contribution in [0.2, 0.25) is 0 Å². The van der Waals surface area contributed by atoms with Crippen molar-refractivity contribution < 1.29 is 0 Å². The molecule has 1 aromatic carbocycles. The molecule has 2 nitrogen and oxygen atoms in total. The number of hydrogen-bond donors (Lipinski definition) is 1. The quantitative estimate of drug-likeness (QED) is 0.887. The molecule has 96 valence electrons. The SMILES string of the molecule is CNc1cccc(CN(C)Cc2cc(Br)cs2)c1. The highest BCUT2D eigenvalue weighted by molar-refractivity contribution is 9.10. The first kappa shape index (κ1) is 13.6. The highest BCUT2D eigenvalue weighted by atomic mass is 79.9. The Morgan fingerprint density at radius 3 is 2.78 bits per heavy atom. The normalized spacial score (nSPS) is 10.9. The number of thiophene rings is 1. The molecule has 2 aromatic rings. The third-order valence-corrected chi connectivity index (χ3v) is 4.40. The molecule has 0 radical (unpaired) electrons. The van der Waals surface area contributed by atoms with Gasteiger partial charge in [0.2, 0.25) is 0 Å². The largest absolute Gasteiger partial charge is 0.388 e. The van der Waals surface area contributed by atoms with Gasteiger partial charge in [0.25, 0.3) is 0 Å². The lowest BCUT2D eigenvalue weighted by atomic mass is 10.2. The van der Waals surface area contributed by atoms with Crippen molar-refractivity contribution in [1.82, 2.24) is 4.90 Å². The second-order valence-corrected chi connectivity index (χ2v) is 6.27. The zero-order valence-electron chi connectivity index (χ0n) is 10.6. The summed E-state index contributed by atoms with van der Waals surface area (Å²) in [5.41, 5.74) is 2.50. The standard InChI is InChI=1S/C14H17BrN2S/c1-16-13-5-3-4-11(6-13)8-17(2)9-14-7-12(15)10-18-14/h3-7,10,16H,8-9H2,1-2H3. The maximum absolute atomic E-state index is 3.49. The molecule has 0 atom stereocenters. The topological polar surface area (TPSA) is 15.3 Å². The Morgan fingerprint density at radius 1 is 1.28 bits per heavy atom. The molecule has 0 fully saturated rings. The number of anilines is 1. The third kappa shape index (κ3) is 3.83. The molecular formula is C14H17BrN2S. The summed E-state index contributed by atoms with van der Waals surface area (Å²) in [5.74, 6) is 0. The average Bonchev–Trinajstić information content (AvgIpc) is 2.74. The van der Waals surface area contributed by atoms with Crippen LogP contribution < -0.4 is 5.32 Å². The summed E-state index contributed by atoms with van der Waals surface area (Å²) in [4.78, 5) is 3.71. The molecule has 0 bridgehead atoms. The van der Waals surface area contributed by atoms with Crippen LogP contribution in [0.5, 0.6) is 0 Å². The van der Waals surface area contributed by atoms with Crippen molar-refractivity contribution in [3.05, 3.63) is 50.6 Å². The van der Waals surface area contributed by atoms with Gasteiger partial charge in [-0.2, -0.15) is 0 Å². The molecule has 0 aliphatic heterocycles. The fourth-order valence-electron chi connectivity index (χ4n) is 1.90. The molecule has 0 saturated carbocycles. The molecule has 0 unspecified atom stereocenters. The van der Waals surface area contributed by atoms with Crippen molar-refractivity contribution in [2.75, 3.05) is 19.4 Å². The van der Waals surface area contributed by atoms with Crippen LogP contribution in [0.4, 0.5) is 5.69 Å². The van der Waals surface area contributed by atoms with E-state index in [0.717, 1.165) is 13.1 Å². The molecule has 1 N–H and O–H groups in total. The van der Waals surface area contributed by atoms with Crippen molar-refractivity contribution in [3.8, 4) is 0 Å². The monoisotopic (exact) mass is 324 g/mol. The Balaban J connectivity index is 1.96. The van der Waals surface area contributed by atoms with E-state index in [1.807, 2.05) is 7.05 Å². The molecular weight excluding hydrogens is 308 g/mol. The van der Waals surface area contributed by atoms with Crippen LogP contribution in [0.3, 0.4) is 0 Å². The van der Waals surface area contributed by atoms with Gasteiger partial charge in [-0.25, -0.2) is 0 Å². The van der Waals surface area contributed by atoms with E-state index in [-0.39, 0.29) is 0 Å². The molecule has 4 heteroatoms. The van der Waals surface area contributed by atoms with Crippen molar-refractivity contribution in [1.29, 1.82) is 0 Å². The first-order valence-electron chi connectivity index (χ1n) is 5.85. The number of benzene rings is 1. The smallest absolute Gasteiger partial charge is 0.0340 e. The molecule has 0 aliphatic rings. The fourth-order valence-corrected chi connectivity index (χ4v) is 3.43. The summed E-state index contributed by atoms with van der Waals surface area (Å²) in [7, 11) is 4.10. The Morgan fingerprint density at radius 2 is 2.11 bits per heavy atom. The molecule has 0 spiro atoms. The van der Waals surface area contributed by atoms with Gasteiger partial charge in [0.05, 0.1) is 0 Å². The second-order valence-electron chi connectivity index (χ2n) is 4.35. The molecule has 2 rings (SSSR count). The summed E-state index contributed by atoms with van der Waals surface area (Å²) in [6.07, 6.45) is 0. The van der Waals surface area contributed by atoms with Crippen LogP contribution in [0.15, 0.2) is 40.2 Å². The van der Waals surface area contributed by atoms with Crippen LogP contribution in [0, 0.1) is 0 Å². The zero-order valence-corrected chi connectivity index (χ0v) is 13.0. The number of nitrogens with one attached hydrogen (secondary N) is 1. The predicted molar refractivity (Wildman–Crippen MR) is 83.2 cm³/mol. The van der Waals surface area contributed by atoms with Crippen molar-refractivity contribution in [2.24, 2.45) is 0 Å². The highest BCUT2D eigenvalue weighted by Gasteiger charge is 2.04. The highest BCUT2D eigenvalue weighted by Crippen LogP contribution is 2.21. The summed E-state index contributed by atoms with van der Waals surface area (Å²) < 4.78 is 1.17. The predicted octanol–water partition coefficient (Wildman–Crippen LogP) is 4.18. The first-order chi connectivity index (χ1) is 8.67. The van der Waals surface area contributed by atoms with Crippen LogP contribution in [0.25, 0.3) is 0 Å². The van der Waals surface area contributed by atoms with E-state index in [0.29, 0.717) is 0 Å². The first-order valence-corrected chi connectivity index (χ1v) is 7.53. The van der Waals surface area contributed by atoms with E-state index in [4.69, 9.17) is 0 Å². The van der Waals surface area contributed by atoms with Crippen LogP contribution in [0.1, 0.15) is 10.4 Å². The van der Waals surface area contributed by atoms with Gasteiger partial charge >= 0.3 is 0 Å². The summed E-state index contributed by atoms with van der Waals surface area (Å²) in [6.45, 7) is 1.95. The van der Waals surface area contributed by atoms with Crippen LogP contribution >= 0.6 is 27.3 Å². The van der Waals surface area contributed by atoms with E-state index < -0.39 is 0 Å². The number of halogens is 1. The van der Waals surface area contributed by atoms with Gasteiger partial charge in [0.15, 0.2) is 0 Å². The third-order valence-electron chi connectivity index (χ3n) is 2.72. The van der Waals surface area contributed by atoms with E-state index in [1.165, 1.54) is 20.6 Å². The maximum Gasteiger partial charge on any atom is 0.0340 e. The van der Waals surface area contributed by atoms with Gasteiger partial charge in [-0.15, -0.1) is 11.3 Å². The van der Waals surface area contributed by atoms with E-state index in [2.05, 4.69) is 68.9 Å². The van der Waals surface area contributed by atoms with Gasteiger partial charge in [-0.3, -0.25) is 4.90 Å². The number of hydrogen-bond acceptors (Lipinski definition) is 3. The summed E-state index contributed by atoms with van der Waals surface area (Å²) in [5, 5.41) is 5.30. The molecule has 1 heterocycles. The van der Waals surface area contributed by atoms with Gasteiger partial charge in [-0.1, -0.05) is 12.1 Å². The minimum atomic E-state index is 0.963. The Bertz CT molecular complexity index is 510. The summed E-state index contributed by atoms with van der Waals surface area (Å²) >= 11 is 5.29. The molecule has 0 amide bonds. The van der Waals surface area contributed by atoms with Gasteiger partial charge < -0.3 is 5.32 Å². The van der Waals surface area contributed by atoms with Crippen LogP contribution in [-0.2, 0) is 13.1 Å². The van der Waals surface area contributed by atoms with E-state index in [1.54, 1.807) is 11.3 Å². The van der Waals surface area contributed by atoms with E-state index in [9.17, 15) is 0 Å². The van der Waals surface area contributed by atoms with Crippen molar-refractivity contribution in [3.63, 3.8) is 0 Å². The maximum atomic E-state index is 3.49. The lowest BCUT2D eigenvalue weighted by Crippen LogP contribution is -2.16. The Kier molecular flexibility index (Phi) is 4.80. The van der Waals surface area contributed by atoms with Crippen LogP contribution in [-0.4, -0.2) is 19.0 Å². The minimum Gasteiger partial charge on any atom is -0.388 e. The molecule has 1 aromatic heterocycles. The molecule has 18 heavy (non-hydrogen) atoms. The number of rotatable bonds is 5. The van der Waals surface area contributed by atoms with Gasteiger partial charge in [-0.05, 0) is 46.7 Å². The van der Waals surface area contributed by atoms with Gasteiger partial charge in [0.1, 0.15) is 0 Å².